The molecule has 3 heterocycles. The minimum atomic E-state index is -1.03. The molecule has 3 N–H and O–H groups in total. The molecule has 3 aliphatic rings. The molecular weight excluding hydrogens is 446 g/mol. The van der Waals surface area contributed by atoms with Gasteiger partial charge in [0.2, 0.25) is 17.7 Å². The number of ether oxygens (including phenoxy) is 1. The summed E-state index contributed by atoms with van der Waals surface area (Å²) in [6, 6.07) is -0.800. The van der Waals surface area contributed by atoms with Gasteiger partial charge in [-0.3, -0.25) is 14.4 Å². The number of aliphatic hydroxyl groups is 1. The Balaban J connectivity index is 2.00. The van der Waals surface area contributed by atoms with Crippen molar-refractivity contribution in [1.82, 2.24) is 15.5 Å². The molecule has 3 amide bonds. The van der Waals surface area contributed by atoms with E-state index in [0.29, 0.717) is 32.4 Å². The van der Waals surface area contributed by atoms with Gasteiger partial charge < -0.3 is 25.4 Å². The van der Waals surface area contributed by atoms with Crippen molar-refractivity contribution in [2.24, 2.45) is 23.2 Å². The van der Waals surface area contributed by atoms with Gasteiger partial charge in [0.05, 0.1) is 17.4 Å². The normalized spacial score (nSPS) is 34.3. The lowest BCUT2D eigenvalue weighted by Gasteiger charge is -2.38. The molecule has 3 unspecified atom stereocenters. The fourth-order valence-corrected chi connectivity index (χ4v) is 7.20. The van der Waals surface area contributed by atoms with Gasteiger partial charge in [0.1, 0.15) is 11.6 Å². The van der Waals surface area contributed by atoms with Crippen LogP contribution in [-0.4, -0.2) is 70.2 Å². The lowest BCUT2D eigenvalue weighted by molar-refractivity contribution is -0.148. The molecule has 3 aliphatic heterocycles. The summed E-state index contributed by atoms with van der Waals surface area (Å²) in [4.78, 5) is 42.9. The van der Waals surface area contributed by atoms with Crippen LogP contribution < -0.4 is 10.6 Å². The van der Waals surface area contributed by atoms with E-state index < -0.39 is 34.6 Å². The summed E-state index contributed by atoms with van der Waals surface area (Å²) >= 11 is 0. The molecule has 3 fully saturated rings. The minimum Gasteiger partial charge on any atom is -0.396 e. The van der Waals surface area contributed by atoms with Crippen molar-refractivity contribution < 1.29 is 24.2 Å². The number of hydrogen-bond donors (Lipinski definition) is 3. The van der Waals surface area contributed by atoms with E-state index in [1.165, 1.54) is 0 Å². The van der Waals surface area contributed by atoms with Crippen LogP contribution in [0, 0.1) is 23.2 Å². The smallest absolute Gasteiger partial charge is 0.246 e. The lowest BCUT2D eigenvalue weighted by atomic mass is 9.62. The second-order valence-electron chi connectivity index (χ2n) is 13.1. The van der Waals surface area contributed by atoms with Crippen molar-refractivity contribution in [3.63, 3.8) is 0 Å². The van der Waals surface area contributed by atoms with E-state index >= 15 is 0 Å². The Morgan fingerprint density at radius 3 is 2.40 bits per heavy atom. The molecule has 0 saturated carbocycles. The maximum atomic E-state index is 14.0. The summed E-state index contributed by atoms with van der Waals surface area (Å²) in [5.74, 6) is -1.85. The summed E-state index contributed by atoms with van der Waals surface area (Å²) in [7, 11) is 0. The molecule has 35 heavy (non-hydrogen) atoms. The summed E-state index contributed by atoms with van der Waals surface area (Å²) in [5, 5.41) is 15.5. The second kappa shape index (κ2) is 9.66. The number of fused-ring (bicyclic) bond motifs is 1. The van der Waals surface area contributed by atoms with Gasteiger partial charge in [-0.2, -0.15) is 0 Å². The number of unbranched alkanes of at least 4 members (excludes halogenated alkanes) is 1. The van der Waals surface area contributed by atoms with Gasteiger partial charge in [-0.15, -0.1) is 0 Å². The van der Waals surface area contributed by atoms with E-state index in [-0.39, 0.29) is 35.7 Å². The van der Waals surface area contributed by atoms with Gasteiger partial charge in [0.25, 0.3) is 0 Å². The standard InChI is InChI=1S/C27H47N3O5/c1-9-12-28-21(32)18-19-23(34)30(13-10-11-14-31)20(27(19)15-17(2)26(18,8)35-27)22(33)29-25(6,7)16-24(3,4)5/h17-20,31H,9-16H2,1-8H3,(H,28,32)(H,29,33)/t17?,18-,19-,20?,26+,27?/m0/s1. The van der Waals surface area contributed by atoms with Crippen LogP contribution in [0.4, 0.5) is 0 Å². The maximum Gasteiger partial charge on any atom is 0.246 e. The number of aliphatic hydroxyl groups excluding tert-OH is 1. The largest absolute Gasteiger partial charge is 0.396 e. The average Bonchev–Trinajstić information content (AvgIpc) is 3.21. The average molecular weight is 494 g/mol. The number of nitrogens with zero attached hydrogens (tertiary/aromatic N) is 1. The fourth-order valence-electron chi connectivity index (χ4n) is 7.20. The van der Waals surface area contributed by atoms with Gasteiger partial charge in [0.15, 0.2) is 0 Å². The predicted octanol–water partition coefficient (Wildman–Crippen LogP) is 2.63. The van der Waals surface area contributed by atoms with Crippen LogP contribution in [0.5, 0.6) is 0 Å². The highest BCUT2D eigenvalue weighted by Gasteiger charge is 2.79. The zero-order valence-electron chi connectivity index (χ0n) is 23.0. The molecule has 8 heteroatoms. The van der Waals surface area contributed by atoms with Crippen LogP contribution in [0.15, 0.2) is 0 Å². The van der Waals surface area contributed by atoms with Crippen molar-refractivity contribution >= 4 is 17.7 Å². The molecule has 200 valence electrons. The molecule has 0 radical (unpaired) electrons. The van der Waals surface area contributed by atoms with Gasteiger partial charge in [-0.1, -0.05) is 34.6 Å². The highest BCUT2D eigenvalue weighted by Crippen LogP contribution is 2.65. The van der Waals surface area contributed by atoms with Crippen molar-refractivity contribution in [2.45, 2.75) is 110 Å². The summed E-state index contributed by atoms with van der Waals surface area (Å²) in [5.41, 5.74) is -2.29. The van der Waals surface area contributed by atoms with Crippen LogP contribution in [-0.2, 0) is 19.1 Å². The predicted molar refractivity (Wildman–Crippen MR) is 134 cm³/mol. The number of carbonyl (C=O) groups is 3. The Morgan fingerprint density at radius 1 is 1.17 bits per heavy atom. The first-order chi connectivity index (χ1) is 16.1. The third kappa shape index (κ3) is 4.97. The molecule has 0 aromatic heterocycles. The number of likely N-dealkylation sites (tertiary alicyclic amines) is 1. The van der Waals surface area contributed by atoms with Crippen LogP contribution in [0.2, 0.25) is 0 Å². The number of hydrogen-bond acceptors (Lipinski definition) is 5. The van der Waals surface area contributed by atoms with Crippen molar-refractivity contribution in [1.29, 1.82) is 0 Å². The zero-order valence-corrected chi connectivity index (χ0v) is 23.0. The molecule has 0 aromatic rings. The maximum absolute atomic E-state index is 14.0. The topological polar surface area (TPSA) is 108 Å². The van der Waals surface area contributed by atoms with E-state index in [1.54, 1.807) is 4.90 Å². The van der Waals surface area contributed by atoms with Crippen molar-refractivity contribution in [3.8, 4) is 0 Å². The first-order valence-electron chi connectivity index (χ1n) is 13.3. The van der Waals surface area contributed by atoms with E-state index in [1.807, 2.05) is 27.7 Å². The van der Waals surface area contributed by atoms with Gasteiger partial charge >= 0.3 is 0 Å². The van der Waals surface area contributed by atoms with Gasteiger partial charge in [0, 0.05) is 25.2 Å². The SMILES string of the molecule is CCCNC(=O)[C@@H]1[C@H]2C(=O)N(CCCCO)C(C(=O)NC(C)(C)CC(C)(C)C)C23CC(C)[C@@]1(C)O3. The quantitative estimate of drug-likeness (QED) is 0.406. The Hall–Kier alpha value is -1.67. The molecule has 3 rings (SSSR count). The molecular formula is C27H47N3O5. The highest BCUT2D eigenvalue weighted by molar-refractivity contribution is 5.99. The first-order valence-corrected chi connectivity index (χ1v) is 13.3. The van der Waals surface area contributed by atoms with Crippen molar-refractivity contribution in [3.05, 3.63) is 0 Å². The Bertz CT molecular complexity index is 837. The Labute approximate surface area is 210 Å². The fraction of sp³-hybridized carbons (Fsp3) is 0.889. The van der Waals surface area contributed by atoms with Crippen LogP contribution in [0.1, 0.15) is 87.5 Å². The summed E-state index contributed by atoms with van der Waals surface area (Å²) < 4.78 is 6.72. The first kappa shape index (κ1) is 27.9. The lowest BCUT2D eigenvalue weighted by Crippen LogP contribution is -2.59. The number of amides is 3. The highest BCUT2D eigenvalue weighted by atomic mass is 16.5. The third-order valence-corrected chi connectivity index (χ3v) is 8.14. The molecule has 8 nitrogen and oxygen atoms in total. The third-order valence-electron chi connectivity index (χ3n) is 8.14. The summed E-state index contributed by atoms with van der Waals surface area (Å²) in [6.45, 7) is 17.3. The Kier molecular flexibility index (Phi) is 7.70. The Morgan fingerprint density at radius 2 is 1.83 bits per heavy atom. The molecule has 1 spiro atoms. The van der Waals surface area contributed by atoms with Gasteiger partial charge in [-0.25, -0.2) is 0 Å². The van der Waals surface area contributed by atoms with E-state index in [0.717, 1.165) is 12.8 Å². The number of nitrogens with one attached hydrogen (secondary N) is 2. The number of rotatable bonds is 10. The van der Waals surface area contributed by atoms with E-state index in [2.05, 4.69) is 38.3 Å². The monoisotopic (exact) mass is 493 g/mol. The second-order valence-corrected chi connectivity index (χ2v) is 13.1. The van der Waals surface area contributed by atoms with E-state index in [9.17, 15) is 19.5 Å². The molecule has 6 atom stereocenters. The zero-order chi connectivity index (χ0) is 26.4. The minimum absolute atomic E-state index is 0.0106. The van der Waals surface area contributed by atoms with E-state index in [4.69, 9.17) is 4.74 Å². The van der Waals surface area contributed by atoms with Crippen LogP contribution in [0.3, 0.4) is 0 Å². The van der Waals surface area contributed by atoms with Gasteiger partial charge in [-0.05, 0) is 64.2 Å². The molecule has 3 saturated heterocycles. The van der Waals surface area contributed by atoms with Crippen molar-refractivity contribution in [2.75, 3.05) is 19.7 Å². The van der Waals surface area contributed by atoms with Crippen LogP contribution >= 0.6 is 0 Å². The number of carbonyl (C=O) groups excluding carboxylic acids is 3. The molecule has 2 bridgehead atoms. The molecule has 0 aromatic carbocycles. The molecule has 0 aliphatic carbocycles. The summed E-state index contributed by atoms with van der Waals surface area (Å²) in [6.07, 6.45) is 3.26. The van der Waals surface area contributed by atoms with Crippen LogP contribution in [0.25, 0.3) is 0 Å².